The largest absolute Gasteiger partial charge is 0.507 e. The van der Waals surface area contributed by atoms with Crippen LogP contribution < -0.4 is 0 Å². The highest BCUT2D eigenvalue weighted by Crippen LogP contribution is 2.25. The van der Waals surface area contributed by atoms with E-state index in [4.69, 9.17) is 9.84 Å². The Balaban J connectivity index is 1.94. The van der Waals surface area contributed by atoms with Crippen molar-refractivity contribution in [2.75, 3.05) is 26.3 Å². The monoisotopic (exact) mass is 343 g/mol. The summed E-state index contributed by atoms with van der Waals surface area (Å²) in [6.45, 7) is 1.56. The highest BCUT2D eigenvalue weighted by molar-refractivity contribution is 9.10. The molecule has 0 aromatic heterocycles. The summed E-state index contributed by atoms with van der Waals surface area (Å²) in [5.41, 5.74) is 0.322. The van der Waals surface area contributed by atoms with E-state index in [1.54, 1.807) is 17.0 Å². The van der Waals surface area contributed by atoms with Crippen LogP contribution in [0.25, 0.3) is 0 Å². The molecule has 110 valence electrons. The SMILES string of the molecule is O=C(c1ccc(Br)cc1O)N1CCC(OCCO)CC1. The maximum Gasteiger partial charge on any atom is 0.257 e. The Morgan fingerprint density at radius 3 is 2.70 bits per heavy atom. The third kappa shape index (κ3) is 3.71. The number of aliphatic hydroxyl groups is 1. The van der Waals surface area contributed by atoms with Crippen molar-refractivity contribution in [3.8, 4) is 5.75 Å². The normalized spacial score (nSPS) is 16.4. The van der Waals surface area contributed by atoms with E-state index in [1.807, 2.05) is 0 Å². The molecule has 0 saturated carbocycles. The highest BCUT2D eigenvalue weighted by atomic mass is 79.9. The molecule has 1 aliphatic rings. The second-order valence-corrected chi connectivity index (χ2v) is 5.66. The summed E-state index contributed by atoms with van der Waals surface area (Å²) < 4.78 is 6.20. The van der Waals surface area contributed by atoms with Crippen LogP contribution in [0.15, 0.2) is 22.7 Å². The van der Waals surface area contributed by atoms with Gasteiger partial charge in [0.2, 0.25) is 0 Å². The number of likely N-dealkylation sites (tertiary alicyclic amines) is 1. The van der Waals surface area contributed by atoms with Gasteiger partial charge in [-0.3, -0.25) is 4.79 Å². The van der Waals surface area contributed by atoms with Crippen molar-refractivity contribution < 1.29 is 19.7 Å². The molecule has 0 unspecified atom stereocenters. The number of ether oxygens (including phenoxy) is 1. The fourth-order valence-electron chi connectivity index (χ4n) is 2.30. The standard InChI is InChI=1S/C14H18BrNO4/c15-10-1-2-12(13(18)9-10)14(19)16-5-3-11(4-6-16)20-8-7-17/h1-2,9,11,17-18H,3-8H2. The number of piperidine rings is 1. The molecule has 5 nitrogen and oxygen atoms in total. The van der Waals surface area contributed by atoms with E-state index in [-0.39, 0.29) is 24.4 Å². The van der Waals surface area contributed by atoms with Crippen molar-refractivity contribution in [3.63, 3.8) is 0 Å². The number of halogens is 1. The van der Waals surface area contributed by atoms with Crippen LogP contribution in [0, 0.1) is 0 Å². The lowest BCUT2D eigenvalue weighted by molar-refractivity contribution is -0.00558. The van der Waals surface area contributed by atoms with E-state index in [2.05, 4.69) is 15.9 Å². The van der Waals surface area contributed by atoms with Gasteiger partial charge in [-0.15, -0.1) is 0 Å². The third-order valence-electron chi connectivity index (χ3n) is 3.36. The molecule has 2 rings (SSSR count). The van der Waals surface area contributed by atoms with Crippen molar-refractivity contribution in [3.05, 3.63) is 28.2 Å². The zero-order valence-electron chi connectivity index (χ0n) is 11.1. The molecule has 1 heterocycles. The first-order valence-corrected chi connectivity index (χ1v) is 7.41. The minimum absolute atomic E-state index is 0.0111. The van der Waals surface area contributed by atoms with E-state index in [9.17, 15) is 9.90 Å². The molecule has 1 fully saturated rings. The minimum Gasteiger partial charge on any atom is -0.507 e. The van der Waals surface area contributed by atoms with Gasteiger partial charge >= 0.3 is 0 Å². The summed E-state index contributed by atoms with van der Waals surface area (Å²) in [7, 11) is 0. The molecular formula is C14H18BrNO4. The lowest BCUT2D eigenvalue weighted by Crippen LogP contribution is -2.41. The number of amides is 1. The van der Waals surface area contributed by atoms with Crippen molar-refractivity contribution >= 4 is 21.8 Å². The fraction of sp³-hybridized carbons (Fsp3) is 0.500. The predicted molar refractivity (Wildman–Crippen MR) is 77.8 cm³/mol. The topological polar surface area (TPSA) is 70.0 Å². The van der Waals surface area contributed by atoms with Gasteiger partial charge in [-0.25, -0.2) is 0 Å². The van der Waals surface area contributed by atoms with Crippen molar-refractivity contribution in [1.29, 1.82) is 0 Å². The number of hydrogen-bond donors (Lipinski definition) is 2. The molecule has 2 N–H and O–H groups in total. The molecule has 1 amide bonds. The molecule has 1 aliphatic heterocycles. The summed E-state index contributed by atoms with van der Waals surface area (Å²) in [4.78, 5) is 14.0. The van der Waals surface area contributed by atoms with Crippen LogP contribution in [0.2, 0.25) is 0 Å². The summed E-state index contributed by atoms with van der Waals surface area (Å²) in [5.74, 6) is -0.168. The summed E-state index contributed by atoms with van der Waals surface area (Å²) in [6, 6.07) is 4.88. The maximum atomic E-state index is 12.3. The number of nitrogens with zero attached hydrogens (tertiary/aromatic N) is 1. The van der Waals surface area contributed by atoms with Gasteiger partial charge < -0.3 is 19.8 Å². The van der Waals surface area contributed by atoms with Gasteiger partial charge in [0.05, 0.1) is 24.9 Å². The van der Waals surface area contributed by atoms with Crippen LogP contribution in [0.1, 0.15) is 23.2 Å². The smallest absolute Gasteiger partial charge is 0.257 e. The average Bonchev–Trinajstić information content (AvgIpc) is 2.45. The molecule has 0 radical (unpaired) electrons. The van der Waals surface area contributed by atoms with Crippen LogP contribution in [-0.2, 0) is 4.74 Å². The van der Waals surface area contributed by atoms with Crippen LogP contribution in [0.4, 0.5) is 0 Å². The van der Waals surface area contributed by atoms with E-state index < -0.39 is 0 Å². The fourth-order valence-corrected chi connectivity index (χ4v) is 2.65. The lowest BCUT2D eigenvalue weighted by atomic mass is 10.1. The Bertz CT molecular complexity index is 472. The van der Waals surface area contributed by atoms with Crippen LogP contribution >= 0.6 is 15.9 Å². The summed E-state index contributed by atoms with van der Waals surface area (Å²) in [5, 5.41) is 18.5. The van der Waals surface area contributed by atoms with Gasteiger partial charge in [-0.2, -0.15) is 0 Å². The molecule has 6 heteroatoms. The molecule has 0 spiro atoms. The molecular weight excluding hydrogens is 326 g/mol. The predicted octanol–water partition coefficient (Wildman–Crippen LogP) is 1.77. The molecule has 20 heavy (non-hydrogen) atoms. The zero-order chi connectivity index (χ0) is 14.5. The number of carbonyl (C=O) groups is 1. The van der Waals surface area contributed by atoms with Crippen LogP contribution in [0.5, 0.6) is 5.75 Å². The Hall–Kier alpha value is -1.11. The number of phenols is 1. The third-order valence-corrected chi connectivity index (χ3v) is 3.86. The number of aromatic hydroxyl groups is 1. The van der Waals surface area contributed by atoms with Crippen LogP contribution in [0.3, 0.4) is 0 Å². The Morgan fingerprint density at radius 2 is 2.10 bits per heavy atom. The van der Waals surface area contributed by atoms with Gasteiger partial charge in [0.15, 0.2) is 0 Å². The molecule has 1 aromatic rings. The lowest BCUT2D eigenvalue weighted by Gasteiger charge is -2.32. The van der Waals surface area contributed by atoms with Crippen molar-refractivity contribution in [2.45, 2.75) is 18.9 Å². The van der Waals surface area contributed by atoms with Crippen LogP contribution in [-0.4, -0.2) is 53.4 Å². The van der Waals surface area contributed by atoms with Gasteiger partial charge in [-0.1, -0.05) is 15.9 Å². The number of carbonyl (C=O) groups excluding carboxylic acids is 1. The van der Waals surface area contributed by atoms with Gasteiger partial charge in [0.25, 0.3) is 5.91 Å². The van der Waals surface area contributed by atoms with Gasteiger partial charge in [0, 0.05) is 17.6 Å². The van der Waals surface area contributed by atoms with Crippen molar-refractivity contribution in [1.82, 2.24) is 4.90 Å². The summed E-state index contributed by atoms with van der Waals surface area (Å²) in [6.07, 6.45) is 1.61. The van der Waals surface area contributed by atoms with E-state index >= 15 is 0 Å². The minimum atomic E-state index is -0.157. The number of rotatable bonds is 4. The molecule has 0 aliphatic carbocycles. The Labute approximate surface area is 126 Å². The number of benzene rings is 1. The Kier molecular flexibility index (Phi) is 5.39. The van der Waals surface area contributed by atoms with Crippen molar-refractivity contribution in [2.24, 2.45) is 0 Å². The first-order chi connectivity index (χ1) is 9.61. The second kappa shape index (κ2) is 7.06. The molecule has 0 bridgehead atoms. The van der Waals surface area contributed by atoms with E-state index in [0.717, 1.165) is 17.3 Å². The number of phenolic OH excluding ortho intramolecular Hbond substituents is 1. The Morgan fingerprint density at radius 1 is 1.40 bits per heavy atom. The quantitative estimate of drug-likeness (QED) is 0.874. The zero-order valence-corrected chi connectivity index (χ0v) is 12.7. The van der Waals surface area contributed by atoms with E-state index in [1.165, 1.54) is 6.07 Å². The number of hydrogen-bond acceptors (Lipinski definition) is 4. The first kappa shape index (κ1) is 15.3. The van der Waals surface area contributed by atoms with E-state index in [0.29, 0.717) is 25.3 Å². The summed E-state index contributed by atoms with van der Waals surface area (Å²) >= 11 is 3.25. The number of aliphatic hydroxyl groups excluding tert-OH is 1. The highest BCUT2D eigenvalue weighted by Gasteiger charge is 2.25. The maximum absolute atomic E-state index is 12.3. The molecule has 0 atom stereocenters. The second-order valence-electron chi connectivity index (χ2n) is 4.75. The first-order valence-electron chi connectivity index (χ1n) is 6.62. The van der Waals surface area contributed by atoms with Gasteiger partial charge in [0.1, 0.15) is 5.75 Å². The van der Waals surface area contributed by atoms with Gasteiger partial charge in [-0.05, 0) is 31.0 Å². The average molecular weight is 344 g/mol. The molecule has 1 aromatic carbocycles. The molecule has 1 saturated heterocycles.